The van der Waals surface area contributed by atoms with Crippen molar-refractivity contribution in [3.05, 3.63) is 35.4 Å². The smallest absolute Gasteiger partial charge is 0.337 e. The molecule has 1 aromatic rings. The van der Waals surface area contributed by atoms with Crippen molar-refractivity contribution in [1.82, 2.24) is 4.90 Å². The fourth-order valence-electron chi connectivity index (χ4n) is 2.91. The molecular formula is C20H33NO2. The van der Waals surface area contributed by atoms with Gasteiger partial charge in [0.25, 0.3) is 0 Å². The second kappa shape index (κ2) is 12.1. The van der Waals surface area contributed by atoms with Crippen LogP contribution in [0.4, 0.5) is 0 Å². The van der Waals surface area contributed by atoms with Crippen molar-refractivity contribution in [2.75, 3.05) is 26.7 Å². The largest absolute Gasteiger partial charge is 0.465 e. The predicted octanol–water partition coefficient (Wildman–Crippen LogP) is 4.70. The third-order valence-electron chi connectivity index (χ3n) is 4.14. The molecule has 0 aromatic heterocycles. The van der Waals surface area contributed by atoms with E-state index in [9.17, 15) is 4.79 Å². The first kappa shape index (κ1) is 19.7. The molecule has 0 saturated carbocycles. The van der Waals surface area contributed by atoms with Gasteiger partial charge in [-0.3, -0.25) is 0 Å². The van der Waals surface area contributed by atoms with E-state index >= 15 is 0 Å². The molecule has 0 unspecified atom stereocenters. The molecule has 0 atom stereocenters. The Labute approximate surface area is 142 Å². The van der Waals surface area contributed by atoms with Crippen LogP contribution < -0.4 is 0 Å². The molecule has 0 spiro atoms. The van der Waals surface area contributed by atoms with E-state index in [0.717, 1.165) is 6.42 Å². The Morgan fingerprint density at radius 3 is 2.09 bits per heavy atom. The molecule has 0 amide bonds. The van der Waals surface area contributed by atoms with Gasteiger partial charge in [-0.15, -0.1) is 0 Å². The van der Waals surface area contributed by atoms with E-state index in [1.165, 1.54) is 70.8 Å². The molecule has 0 saturated heterocycles. The van der Waals surface area contributed by atoms with E-state index < -0.39 is 0 Å². The van der Waals surface area contributed by atoms with E-state index in [0.29, 0.717) is 5.56 Å². The lowest BCUT2D eigenvalue weighted by molar-refractivity contribution is 0.0600. The van der Waals surface area contributed by atoms with Gasteiger partial charge in [-0.2, -0.15) is 0 Å². The Balaban J connectivity index is 2.16. The van der Waals surface area contributed by atoms with Gasteiger partial charge in [0.2, 0.25) is 0 Å². The number of esters is 1. The van der Waals surface area contributed by atoms with Crippen LogP contribution in [0.15, 0.2) is 24.3 Å². The molecule has 0 bridgehead atoms. The summed E-state index contributed by atoms with van der Waals surface area (Å²) in [6, 6.07) is 7.79. The Bertz CT molecular complexity index is 422. The molecule has 0 radical (unpaired) electrons. The summed E-state index contributed by atoms with van der Waals surface area (Å²) in [5.74, 6) is -0.264. The SMILES string of the molecule is CCCN(CCC)CCCCCCc1ccc(C(=O)OC)cc1. The van der Waals surface area contributed by atoms with Crippen molar-refractivity contribution >= 4 is 5.97 Å². The number of benzene rings is 1. The number of hydrogen-bond acceptors (Lipinski definition) is 3. The molecule has 0 aliphatic heterocycles. The number of hydrogen-bond donors (Lipinski definition) is 0. The van der Waals surface area contributed by atoms with Crippen LogP contribution in [0.25, 0.3) is 0 Å². The zero-order chi connectivity index (χ0) is 16.9. The highest BCUT2D eigenvalue weighted by atomic mass is 16.5. The predicted molar refractivity (Wildman–Crippen MR) is 97.0 cm³/mol. The standard InChI is InChI=1S/C20H33NO2/c1-4-15-21(16-5-2)17-9-7-6-8-10-18-11-13-19(14-12-18)20(22)23-3/h11-14H,4-10,15-17H2,1-3H3. The monoisotopic (exact) mass is 319 g/mol. The van der Waals surface area contributed by atoms with Crippen LogP contribution in [-0.2, 0) is 11.2 Å². The lowest BCUT2D eigenvalue weighted by Gasteiger charge is -2.20. The molecule has 3 heteroatoms. The highest BCUT2D eigenvalue weighted by Gasteiger charge is 2.04. The third kappa shape index (κ3) is 8.17. The Kier molecular flexibility index (Phi) is 10.4. The van der Waals surface area contributed by atoms with Crippen LogP contribution in [0.2, 0.25) is 0 Å². The summed E-state index contributed by atoms with van der Waals surface area (Å²) < 4.78 is 4.71. The lowest BCUT2D eigenvalue weighted by atomic mass is 10.0. The fourth-order valence-corrected chi connectivity index (χ4v) is 2.91. The van der Waals surface area contributed by atoms with Crippen molar-refractivity contribution in [2.45, 2.75) is 58.8 Å². The summed E-state index contributed by atoms with van der Waals surface area (Å²) in [7, 11) is 1.42. The zero-order valence-corrected chi connectivity index (χ0v) is 15.1. The van der Waals surface area contributed by atoms with Gasteiger partial charge < -0.3 is 9.64 Å². The summed E-state index contributed by atoms with van der Waals surface area (Å²) in [6.45, 7) is 8.23. The van der Waals surface area contributed by atoms with Gasteiger partial charge in [0.1, 0.15) is 0 Å². The van der Waals surface area contributed by atoms with E-state index in [2.05, 4.69) is 18.7 Å². The molecule has 1 aromatic carbocycles. The normalized spacial score (nSPS) is 11.0. The number of carbonyl (C=O) groups is 1. The molecule has 0 aliphatic rings. The molecule has 0 N–H and O–H groups in total. The van der Waals surface area contributed by atoms with Gasteiger partial charge in [0.15, 0.2) is 0 Å². The highest BCUT2D eigenvalue weighted by molar-refractivity contribution is 5.89. The number of aryl methyl sites for hydroxylation is 1. The van der Waals surface area contributed by atoms with Crippen LogP contribution in [0.1, 0.15) is 68.3 Å². The third-order valence-corrected chi connectivity index (χ3v) is 4.14. The van der Waals surface area contributed by atoms with Crippen molar-refractivity contribution in [2.24, 2.45) is 0 Å². The second-order valence-electron chi connectivity index (χ2n) is 6.19. The molecule has 3 nitrogen and oxygen atoms in total. The van der Waals surface area contributed by atoms with Crippen molar-refractivity contribution in [3.8, 4) is 0 Å². The average Bonchev–Trinajstić information content (AvgIpc) is 2.58. The average molecular weight is 319 g/mol. The number of ether oxygens (including phenoxy) is 1. The Morgan fingerprint density at radius 1 is 0.913 bits per heavy atom. The van der Waals surface area contributed by atoms with Crippen molar-refractivity contribution in [1.29, 1.82) is 0 Å². The van der Waals surface area contributed by atoms with Gasteiger partial charge in [0.05, 0.1) is 12.7 Å². The Hall–Kier alpha value is -1.35. The van der Waals surface area contributed by atoms with Crippen molar-refractivity contribution < 1.29 is 9.53 Å². The first-order valence-electron chi connectivity index (χ1n) is 9.10. The molecule has 0 aliphatic carbocycles. The quantitative estimate of drug-likeness (QED) is 0.413. The fraction of sp³-hybridized carbons (Fsp3) is 0.650. The number of rotatable bonds is 12. The van der Waals surface area contributed by atoms with E-state index in [4.69, 9.17) is 4.74 Å². The molecule has 130 valence electrons. The van der Waals surface area contributed by atoms with Crippen LogP contribution in [-0.4, -0.2) is 37.6 Å². The first-order valence-corrected chi connectivity index (χ1v) is 9.10. The van der Waals surface area contributed by atoms with E-state index in [-0.39, 0.29) is 5.97 Å². The van der Waals surface area contributed by atoms with Crippen LogP contribution in [0, 0.1) is 0 Å². The van der Waals surface area contributed by atoms with Gasteiger partial charge in [-0.1, -0.05) is 38.8 Å². The summed E-state index contributed by atoms with van der Waals surface area (Å²) in [5, 5.41) is 0. The summed E-state index contributed by atoms with van der Waals surface area (Å²) in [6.07, 6.45) is 8.72. The van der Waals surface area contributed by atoms with Gasteiger partial charge in [-0.05, 0) is 69.4 Å². The molecule has 1 rings (SSSR count). The molecular weight excluding hydrogens is 286 g/mol. The maximum absolute atomic E-state index is 11.4. The minimum Gasteiger partial charge on any atom is -0.465 e. The topological polar surface area (TPSA) is 29.5 Å². The maximum atomic E-state index is 11.4. The van der Waals surface area contributed by atoms with Gasteiger partial charge in [-0.25, -0.2) is 4.79 Å². The van der Waals surface area contributed by atoms with Crippen LogP contribution in [0.5, 0.6) is 0 Å². The number of unbranched alkanes of at least 4 members (excludes halogenated alkanes) is 3. The minimum absolute atomic E-state index is 0.264. The number of nitrogens with zero attached hydrogens (tertiary/aromatic N) is 1. The van der Waals surface area contributed by atoms with Crippen LogP contribution in [0.3, 0.4) is 0 Å². The number of carbonyl (C=O) groups excluding carboxylic acids is 1. The molecule has 0 fully saturated rings. The lowest BCUT2D eigenvalue weighted by Crippen LogP contribution is -2.26. The highest BCUT2D eigenvalue weighted by Crippen LogP contribution is 2.11. The first-order chi connectivity index (χ1) is 11.2. The zero-order valence-electron chi connectivity index (χ0n) is 15.1. The van der Waals surface area contributed by atoms with E-state index in [1.807, 2.05) is 24.3 Å². The number of methoxy groups -OCH3 is 1. The minimum atomic E-state index is -0.264. The molecule has 0 heterocycles. The van der Waals surface area contributed by atoms with Gasteiger partial charge in [0, 0.05) is 0 Å². The van der Waals surface area contributed by atoms with Gasteiger partial charge >= 0.3 is 5.97 Å². The maximum Gasteiger partial charge on any atom is 0.337 e. The second-order valence-corrected chi connectivity index (χ2v) is 6.19. The summed E-state index contributed by atoms with van der Waals surface area (Å²) in [4.78, 5) is 14.0. The van der Waals surface area contributed by atoms with E-state index in [1.54, 1.807) is 0 Å². The summed E-state index contributed by atoms with van der Waals surface area (Å²) in [5.41, 5.74) is 1.93. The van der Waals surface area contributed by atoms with Crippen molar-refractivity contribution in [3.63, 3.8) is 0 Å². The van der Waals surface area contributed by atoms with Crippen LogP contribution >= 0.6 is 0 Å². The molecule has 23 heavy (non-hydrogen) atoms. The summed E-state index contributed by atoms with van der Waals surface area (Å²) >= 11 is 0. The Morgan fingerprint density at radius 2 is 1.52 bits per heavy atom.